The number of rotatable bonds is 2. The quantitative estimate of drug-likeness (QED) is 0.817. The minimum Gasteiger partial charge on any atom is -0.478 e. The molecule has 0 spiro atoms. The summed E-state index contributed by atoms with van der Waals surface area (Å²) in [7, 11) is 0. The second kappa shape index (κ2) is 3.22. The highest BCUT2D eigenvalue weighted by Gasteiger charge is 2.15. The minimum absolute atomic E-state index is 0.160. The van der Waals surface area contributed by atoms with Crippen LogP contribution in [0.25, 0.3) is 11.5 Å². The van der Waals surface area contributed by atoms with Gasteiger partial charge in [-0.1, -0.05) is 4.49 Å². The van der Waals surface area contributed by atoms with Gasteiger partial charge in [0.05, 0.1) is 0 Å². The summed E-state index contributed by atoms with van der Waals surface area (Å²) in [6.45, 7) is 1.60. The van der Waals surface area contributed by atoms with E-state index in [0.29, 0.717) is 17.2 Å². The lowest BCUT2D eigenvalue weighted by Gasteiger charge is -1.86. The van der Waals surface area contributed by atoms with Gasteiger partial charge >= 0.3 is 5.97 Å². The number of carboxylic acids is 1. The van der Waals surface area contributed by atoms with E-state index >= 15 is 0 Å². The van der Waals surface area contributed by atoms with Gasteiger partial charge < -0.3 is 9.52 Å². The molecule has 0 saturated carbocycles. The number of aromatic nitrogens is 2. The smallest absolute Gasteiger partial charge is 0.339 e. The molecule has 0 atom stereocenters. The molecule has 0 saturated heterocycles. The maximum atomic E-state index is 10.7. The predicted octanol–water partition coefficient (Wildman–Crippen LogP) is 1.80. The molecule has 14 heavy (non-hydrogen) atoms. The predicted molar refractivity (Wildman–Crippen MR) is 49.3 cm³/mol. The average molecular weight is 210 g/mol. The van der Waals surface area contributed by atoms with E-state index in [2.05, 4.69) is 9.59 Å². The monoisotopic (exact) mass is 210 g/mol. The number of carbonyl (C=O) groups is 1. The van der Waals surface area contributed by atoms with Crippen LogP contribution in [0.15, 0.2) is 15.9 Å². The van der Waals surface area contributed by atoms with Crippen molar-refractivity contribution in [3.63, 3.8) is 0 Å². The van der Waals surface area contributed by atoms with E-state index in [1.165, 1.54) is 17.6 Å². The molecule has 0 radical (unpaired) electrons. The molecule has 0 amide bonds. The van der Waals surface area contributed by atoms with Crippen LogP contribution in [-0.4, -0.2) is 20.7 Å². The Morgan fingerprint density at radius 1 is 1.64 bits per heavy atom. The highest BCUT2D eigenvalue weighted by atomic mass is 32.1. The fourth-order valence-corrected chi connectivity index (χ4v) is 1.54. The van der Waals surface area contributed by atoms with E-state index in [1.54, 1.807) is 12.3 Å². The SMILES string of the molecule is Cc1oc(-c2csnn2)cc1C(=O)O. The van der Waals surface area contributed by atoms with Crippen LogP contribution in [-0.2, 0) is 0 Å². The second-order valence-electron chi connectivity index (χ2n) is 2.68. The first-order valence-electron chi connectivity index (χ1n) is 3.79. The molecule has 72 valence electrons. The zero-order valence-electron chi connectivity index (χ0n) is 7.22. The van der Waals surface area contributed by atoms with Gasteiger partial charge in [-0.15, -0.1) is 5.10 Å². The Bertz CT molecular complexity index is 461. The summed E-state index contributed by atoms with van der Waals surface area (Å²) in [5.41, 5.74) is 0.721. The zero-order valence-corrected chi connectivity index (χ0v) is 8.04. The Hall–Kier alpha value is -1.69. The van der Waals surface area contributed by atoms with Crippen LogP contribution < -0.4 is 0 Å². The molecule has 2 heterocycles. The van der Waals surface area contributed by atoms with Gasteiger partial charge in [0.2, 0.25) is 0 Å². The first-order valence-corrected chi connectivity index (χ1v) is 4.63. The van der Waals surface area contributed by atoms with Crippen LogP contribution in [0.1, 0.15) is 16.1 Å². The molecule has 2 aromatic rings. The van der Waals surface area contributed by atoms with Gasteiger partial charge in [-0.3, -0.25) is 0 Å². The summed E-state index contributed by atoms with van der Waals surface area (Å²) in [5.74, 6) is -0.185. The van der Waals surface area contributed by atoms with Crippen LogP contribution in [0.2, 0.25) is 0 Å². The zero-order chi connectivity index (χ0) is 10.1. The van der Waals surface area contributed by atoms with Crippen LogP contribution in [0.4, 0.5) is 0 Å². The average Bonchev–Trinajstić information content (AvgIpc) is 2.70. The lowest BCUT2D eigenvalue weighted by molar-refractivity contribution is 0.0695. The van der Waals surface area contributed by atoms with Crippen molar-refractivity contribution in [1.82, 2.24) is 9.59 Å². The van der Waals surface area contributed by atoms with Crippen molar-refractivity contribution < 1.29 is 14.3 Å². The lowest BCUT2D eigenvalue weighted by Crippen LogP contribution is -1.94. The molecule has 0 aromatic carbocycles. The highest BCUT2D eigenvalue weighted by Crippen LogP contribution is 2.24. The maximum Gasteiger partial charge on any atom is 0.339 e. The summed E-state index contributed by atoms with van der Waals surface area (Å²) in [5, 5.41) is 14.3. The Labute approximate surface area is 83.2 Å². The molecule has 0 aliphatic carbocycles. The molecule has 1 N–H and O–H groups in total. The van der Waals surface area contributed by atoms with Crippen molar-refractivity contribution in [3.8, 4) is 11.5 Å². The van der Waals surface area contributed by atoms with Crippen LogP contribution in [0, 0.1) is 6.92 Å². The standard InChI is InChI=1S/C8H6N2O3S/c1-4-5(8(11)12)2-7(13-4)6-3-14-10-9-6/h2-3H,1H3,(H,11,12). The van der Waals surface area contributed by atoms with E-state index in [0.717, 1.165) is 0 Å². The topological polar surface area (TPSA) is 76.2 Å². The summed E-state index contributed by atoms with van der Waals surface area (Å²) < 4.78 is 8.91. The van der Waals surface area contributed by atoms with Crippen molar-refractivity contribution in [2.75, 3.05) is 0 Å². The van der Waals surface area contributed by atoms with Crippen molar-refractivity contribution in [3.05, 3.63) is 22.8 Å². The van der Waals surface area contributed by atoms with E-state index in [4.69, 9.17) is 9.52 Å². The molecular weight excluding hydrogens is 204 g/mol. The molecule has 0 aliphatic rings. The molecule has 0 fully saturated rings. The Morgan fingerprint density at radius 2 is 2.43 bits per heavy atom. The summed E-state index contributed by atoms with van der Waals surface area (Å²) in [4.78, 5) is 10.7. The summed E-state index contributed by atoms with van der Waals surface area (Å²) in [6, 6.07) is 1.45. The molecule has 5 nitrogen and oxygen atoms in total. The van der Waals surface area contributed by atoms with Gasteiger partial charge in [-0.25, -0.2) is 4.79 Å². The summed E-state index contributed by atoms with van der Waals surface area (Å²) >= 11 is 1.19. The van der Waals surface area contributed by atoms with Gasteiger partial charge in [0.25, 0.3) is 0 Å². The maximum absolute atomic E-state index is 10.7. The van der Waals surface area contributed by atoms with Crippen molar-refractivity contribution in [2.24, 2.45) is 0 Å². The Morgan fingerprint density at radius 3 is 2.93 bits per heavy atom. The third-order valence-corrected chi connectivity index (χ3v) is 2.27. The minimum atomic E-state index is -0.999. The number of furan rings is 1. The molecule has 2 aromatic heterocycles. The molecular formula is C8H6N2O3S. The first kappa shape index (κ1) is 8.89. The number of hydrogen-bond donors (Lipinski definition) is 1. The molecule has 0 aliphatic heterocycles. The molecule has 2 rings (SSSR count). The van der Waals surface area contributed by atoms with Crippen LogP contribution in [0.3, 0.4) is 0 Å². The Kier molecular flexibility index (Phi) is 2.05. The van der Waals surface area contributed by atoms with Gasteiger partial charge in [0.1, 0.15) is 17.0 Å². The number of nitrogens with zero attached hydrogens (tertiary/aromatic N) is 2. The van der Waals surface area contributed by atoms with Crippen molar-refractivity contribution in [1.29, 1.82) is 0 Å². The van der Waals surface area contributed by atoms with Crippen molar-refractivity contribution in [2.45, 2.75) is 6.92 Å². The largest absolute Gasteiger partial charge is 0.478 e. The normalized spacial score (nSPS) is 10.4. The van der Waals surface area contributed by atoms with Gasteiger partial charge in [0, 0.05) is 11.4 Å². The number of carboxylic acid groups (broad SMARTS) is 1. The summed E-state index contributed by atoms with van der Waals surface area (Å²) in [6.07, 6.45) is 0. The van der Waals surface area contributed by atoms with E-state index < -0.39 is 5.97 Å². The fourth-order valence-electron chi connectivity index (χ4n) is 1.09. The fraction of sp³-hybridized carbons (Fsp3) is 0.125. The Balaban J connectivity index is 2.48. The number of aryl methyl sites for hydroxylation is 1. The highest BCUT2D eigenvalue weighted by molar-refractivity contribution is 7.03. The lowest BCUT2D eigenvalue weighted by atomic mass is 10.2. The van der Waals surface area contributed by atoms with Crippen LogP contribution in [0.5, 0.6) is 0 Å². The molecule has 6 heteroatoms. The van der Waals surface area contributed by atoms with E-state index in [1.807, 2.05) is 0 Å². The van der Waals surface area contributed by atoms with Gasteiger partial charge in [-0.05, 0) is 18.5 Å². The number of hydrogen-bond acceptors (Lipinski definition) is 5. The second-order valence-corrected chi connectivity index (χ2v) is 3.29. The first-order chi connectivity index (χ1) is 6.68. The van der Waals surface area contributed by atoms with E-state index in [9.17, 15) is 4.79 Å². The van der Waals surface area contributed by atoms with E-state index in [-0.39, 0.29) is 5.56 Å². The third kappa shape index (κ3) is 1.39. The van der Waals surface area contributed by atoms with Gasteiger partial charge in [-0.2, -0.15) is 0 Å². The van der Waals surface area contributed by atoms with Gasteiger partial charge in [0.15, 0.2) is 5.76 Å². The third-order valence-electron chi connectivity index (χ3n) is 1.76. The molecule has 0 bridgehead atoms. The van der Waals surface area contributed by atoms with Crippen molar-refractivity contribution >= 4 is 17.5 Å². The number of aromatic carboxylic acids is 1. The van der Waals surface area contributed by atoms with Crippen LogP contribution >= 0.6 is 11.5 Å². The molecule has 0 unspecified atom stereocenters.